The second-order valence-electron chi connectivity index (χ2n) is 8.66. The second-order valence-corrected chi connectivity index (χ2v) is 9.09. The molecule has 0 bridgehead atoms. The van der Waals surface area contributed by atoms with Gasteiger partial charge in [-0.25, -0.2) is 4.39 Å². The van der Waals surface area contributed by atoms with Crippen LogP contribution in [0.1, 0.15) is 61.5 Å². The molecule has 1 aliphatic rings. The zero-order valence-electron chi connectivity index (χ0n) is 18.1. The monoisotopic (exact) mass is 444 g/mol. The summed E-state index contributed by atoms with van der Waals surface area (Å²) in [6, 6.07) is 13.2. The van der Waals surface area contributed by atoms with Crippen molar-refractivity contribution in [1.82, 2.24) is 10.2 Å². The molecule has 1 N–H and O–H groups in total. The topological polar surface area (TPSA) is 49.4 Å². The van der Waals surface area contributed by atoms with Crippen molar-refractivity contribution >= 4 is 23.4 Å². The van der Waals surface area contributed by atoms with Crippen LogP contribution in [-0.4, -0.2) is 29.8 Å². The SMILES string of the molecule is CC(C)CCC(NC(=O)C1CCN(C(=O)c2ccc(F)cc2)CC1)c1ccc(Cl)cc1. The van der Waals surface area contributed by atoms with Gasteiger partial charge in [-0.05, 0) is 73.6 Å². The van der Waals surface area contributed by atoms with Crippen LogP contribution in [0.3, 0.4) is 0 Å². The van der Waals surface area contributed by atoms with E-state index in [-0.39, 0.29) is 29.6 Å². The molecule has 1 aliphatic heterocycles. The molecule has 1 atom stereocenters. The minimum absolute atomic E-state index is 0.0394. The Hall–Kier alpha value is -2.40. The predicted octanol–water partition coefficient (Wildman–Crippen LogP) is 5.63. The first-order valence-corrected chi connectivity index (χ1v) is 11.3. The summed E-state index contributed by atoms with van der Waals surface area (Å²) < 4.78 is 13.1. The molecule has 3 rings (SSSR count). The van der Waals surface area contributed by atoms with E-state index in [0.29, 0.717) is 42.4 Å². The predicted molar refractivity (Wildman–Crippen MR) is 121 cm³/mol. The Morgan fingerprint density at radius 3 is 2.23 bits per heavy atom. The van der Waals surface area contributed by atoms with Crippen molar-refractivity contribution in [2.24, 2.45) is 11.8 Å². The van der Waals surface area contributed by atoms with Crippen LogP contribution in [0, 0.1) is 17.7 Å². The lowest BCUT2D eigenvalue weighted by atomic mass is 9.93. The lowest BCUT2D eigenvalue weighted by molar-refractivity contribution is -0.127. The maximum Gasteiger partial charge on any atom is 0.253 e. The zero-order chi connectivity index (χ0) is 22.4. The largest absolute Gasteiger partial charge is 0.349 e. The van der Waals surface area contributed by atoms with Gasteiger partial charge in [0.25, 0.3) is 5.91 Å². The smallest absolute Gasteiger partial charge is 0.253 e. The fourth-order valence-corrected chi connectivity index (χ4v) is 4.05. The lowest BCUT2D eigenvalue weighted by Gasteiger charge is -2.32. The zero-order valence-corrected chi connectivity index (χ0v) is 18.9. The number of likely N-dealkylation sites (tertiary alicyclic amines) is 1. The minimum Gasteiger partial charge on any atom is -0.349 e. The first kappa shape index (κ1) is 23.3. The van der Waals surface area contributed by atoms with Gasteiger partial charge in [-0.3, -0.25) is 9.59 Å². The van der Waals surface area contributed by atoms with Gasteiger partial charge < -0.3 is 10.2 Å². The molecule has 0 spiro atoms. The van der Waals surface area contributed by atoms with E-state index in [4.69, 9.17) is 11.6 Å². The van der Waals surface area contributed by atoms with Crippen molar-refractivity contribution in [1.29, 1.82) is 0 Å². The molecular weight excluding hydrogens is 415 g/mol. The standard InChI is InChI=1S/C25H30ClFN2O2/c1-17(2)3-12-23(18-4-8-21(26)9-5-18)28-24(30)19-13-15-29(16-14-19)25(31)20-6-10-22(27)11-7-20/h4-11,17,19,23H,3,12-16H2,1-2H3,(H,28,30). The number of hydrogen-bond acceptors (Lipinski definition) is 2. The van der Waals surface area contributed by atoms with Gasteiger partial charge >= 0.3 is 0 Å². The number of carbonyl (C=O) groups is 2. The third-order valence-corrected chi connectivity index (χ3v) is 6.12. The van der Waals surface area contributed by atoms with Crippen LogP contribution >= 0.6 is 11.6 Å². The highest BCUT2D eigenvalue weighted by Crippen LogP contribution is 2.25. The van der Waals surface area contributed by atoms with Gasteiger partial charge in [-0.15, -0.1) is 0 Å². The van der Waals surface area contributed by atoms with Crippen LogP contribution in [0.15, 0.2) is 48.5 Å². The molecule has 0 aromatic heterocycles. The average molecular weight is 445 g/mol. The molecule has 0 aliphatic carbocycles. The molecule has 2 aromatic carbocycles. The van der Waals surface area contributed by atoms with Gasteiger partial charge in [-0.1, -0.05) is 37.6 Å². The molecule has 0 saturated carbocycles. The Morgan fingerprint density at radius 2 is 1.65 bits per heavy atom. The number of benzene rings is 2. The van der Waals surface area contributed by atoms with E-state index in [2.05, 4.69) is 19.2 Å². The number of piperidine rings is 1. The molecule has 0 radical (unpaired) electrons. The van der Waals surface area contributed by atoms with Crippen LogP contribution in [0.4, 0.5) is 4.39 Å². The normalized spacial score (nSPS) is 15.7. The highest BCUT2D eigenvalue weighted by Gasteiger charge is 2.29. The van der Waals surface area contributed by atoms with Crippen LogP contribution < -0.4 is 5.32 Å². The summed E-state index contributed by atoms with van der Waals surface area (Å²) in [6.45, 7) is 5.39. The molecule has 6 heteroatoms. The van der Waals surface area contributed by atoms with Gasteiger partial charge in [0.15, 0.2) is 0 Å². The third kappa shape index (κ3) is 6.54. The number of rotatable bonds is 7. The number of halogens is 2. The van der Waals surface area contributed by atoms with Crippen LogP contribution in [0.2, 0.25) is 5.02 Å². The molecule has 31 heavy (non-hydrogen) atoms. The quantitative estimate of drug-likeness (QED) is 0.602. The van der Waals surface area contributed by atoms with E-state index >= 15 is 0 Å². The van der Waals surface area contributed by atoms with Crippen molar-refractivity contribution in [3.8, 4) is 0 Å². The van der Waals surface area contributed by atoms with E-state index in [0.717, 1.165) is 18.4 Å². The molecule has 1 heterocycles. The molecule has 1 saturated heterocycles. The summed E-state index contributed by atoms with van der Waals surface area (Å²) in [5.74, 6) is -0.00871. The number of nitrogens with zero attached hydrogens (tertiary/aromatic N) is 1. The molecule has 1 unspecified atom stereocenters. The van der Waals surface area contributed by atoms with Gasteiger partial charge in [-0.2, -0.15) is 0 Å². The number of carbonyl (C=O) groups excluding carboxylic acids is 2. The van der Waals surface area contributed by atoms with E-state index in [1.807, 2.05) is 24.3 Å². The van der Waals surface area contributed by atoms with Gasteiger partial charge in [0.2, 0.25) is 5.91 Å². The minimum atomic E-state index is -0.361. The van der Waals surface area contributed by atoms with Crippen molar-refractivity contribution in [2.75, 3.05) is 13.1 Å². The van der Waals surface area contributed by atoms with Crippen molar-refractivity contribution in [2.45, 2.75) is 45.6 Å². The van der Waals surface area contributed by atoms with Crippen molar-refractivity contribution < 1.29 is 14.0 Å². The van der Waals surface area contributed by atoms with Crippen molar-refractivity contribution in [3.05, 3.63) is 70.5 Å². The van der Waals surface area contributed by atoms with Gasteiger partial charge in [0.05, 0.1) is 6.04 Å². The summed E-state index contributed by atoms with van der Waals surface area (Å²) in [5, 5.41) is 3.91. The summed E-state index contributed by atoms with van der Waals surface area (Å²) in [5.41, 5.74) is 1.53. The number of nitrogens with one attached hydrogen (secondary N) is 1. The molecule has 1 fully saturated rings. The highest BCUT2D eigenvalue weighted by molar-refractivity contribution is 6.30. The Kier molecular flexibility index (Phi) is 8.08. The molecule has 2 aromatic rings. The lowest BCUT2D eigenvalue weighted by Crippen LogP contribution is -2.43. The summed E-state index contributed by atoms with van der Waals surface area (Å²) in [4.78, 5) is 27.4. The first-order valence-electron chi connectivity index (χ1n) is 10.9. The Bertz CT molecular complexity index is 875. The molecular formula is C25H30ClFN2O2. The van der Waals surface area contributed by atoms with Gasteiger partial charge in [0, 0.05) is 29.6 Å². The van der Waals surface area contributed by atoms with Crippen LogP contribution in [0.5, 0.6) is 0 Å². The molecule has 166 valence electrons. The number of hydrogen-bond donors (Lipinski definition) is 1. The maximum atomic E-state index is 13.1. The Labute approximate surface area is 188 Å². The van der Waals surface area contributed by atoms with Crippen LogP contribution in [-0.2, 0) is 4.79 Å². The number of amides is 2. The third-order valence-electron chi connectivity index (χ3n) is 5.87. The van der Waals surface area contributed by atoms with Crippen molar-refractivity contribution in [3.63, 3.8) is 0 Å². The second kappa shape index (κ2) is 10.8. The first-order chi connectivity index (χ1) is 14.8. The Balaban J connectivity index is 1.58. The van der Waals surface area contributed by atoms with Gasteiger partial charge in [0.1, 0.15) is 5.82 Å². The summed E-state index contributed by atoms with van der Waals surface area (Å²) >= 11 is 6.02. The van der Waals surface area contributed by atoms with E-state index in [1.54, 1.807) is 4.90 Å². The van der Waals surface area contributed by atoms with E-state index in [9.17, 15) is 14.0 Å². The maximum absolute atomic E-state index is 13.1. The average Bonchev–Trinajstić information content (AvgIpc) is 2.77. The Morgan fingerprint density at radius 1 is 1.03 bits per heavy atom. The summed E-state index contributed by atoms with van der Waals surface area (Å²) in [6.07, 6.45) is 3.12. The van der Waals surface area contributed by atoms with E-state index in [1.165, 1.54) is 24.3 Å². The summed E-state index contributed by atoms with van der Waals surface area (Å²) in [7, 11) is 0. The molecule has 4 nitrogen and oxygen atoms in total. The highest BCUT2D eigenvalue weighted by atomic mass is 35.5. The fraction of sp³-hybridized carbons (Fsp3) is 0.440. The van der Waals surface area contributed by atoms with Crippen LogP contribution in [0.25, 0.3) is 0 Å². The molecule has 2 amide bonds. The fourth-order valence-electron chi connectivity index (χ4n) is 3.93. The van der Waals surface area contributed by atoms with E-state index < -0.39 is 0 Å².